The maximum Gasteiger partial charge on any atom is 0.416 e. The summed E-state index contributed by atoms with van der Waals surface area (Å²) in [5.41, 5.74) is 0.0405. The standard InChI is InChI=1S/C18H20F3N3O4S/c19-18(20,21)13-3-1-12(2-4-13)7-9-22-17(26)15-5-6-16(25)24(23-15)14-8-10-29(27,28)11-14/h1-4,14H,5-11H2,(H,22,26)/t14-/m1/s1. The topological polar surface area (TPSA) is 95.9 Å². The molecule has 1 fully saturated rings. The molecule has 2 aliphatic heterocycles. The van der Waals surface area contributed by atoms with Gasteiger partial charge in [-0.1, -0.05) is 12.1 Å². The molecule has 0 saturated carbocycles. The maximum atomic E-state index is 12.6. The molecule has 2 heterocycles. The van der Waals surface area contributed by atoms with Gasteiger partial charge in [-0.3, -0.25) is 9.59 Å². The highest BCUT2D eigenvalue weighted by molar-refractivity contribution is 7.91. The minimum absolute atomic E-state index is 0.00831. The van der Waals surface area contributed by atoms with E-state index in [0.29, 0.717) is 18.4 Å². The van der Waals surface area contributed by atoms with Crippen molar-refractivity contribution < 1.29 is 31.2 Å². The van der Waals surface area contributed by atoms with Crippen LogP contribution in [0.2, 0.25) is 0 Å². The molecule has 0 spiro atoms. The summed E-state index contributed by atoms with van der Waals surface area (Å²) < 4.78 is 61.0. The molecule has 1 aromatic carbocycles. The van der Waals surface area contributed by atoms with E-state index in [2.05, 4.69) is 10.4 Å². The fourth-order valence-electron chi connectivity index (χ4n) is 3.27. The third-order valence-corrected chi connectivity index (χ3v) is 6.61. The molecule has 158 valence electrons. The summed E-state index contributed by atoms with van der Waals surface area (Å²) >= 11 is 0. The molecule has 0 unspecified atom stereocenters. The lowest BCUT2D eigenvalue weighted by molar-refractivity contribution is -0.137. The van der Waals surface area contributed by atoms with Gasteiger partial charge in [0.15, 0.2) is 9.84 Å². The average molecular weight is 431 g/mol. The number of hydrogen-bond donors (Lipinski definition) is 1. The van der Waals surface area contributed by atoms with Crippen molar-refractivity contribution in [3.05, 3.63) is 35.4 Å². The molecule has 3 rings (SSSR count). The van der Waals surface area contributed by atoms with Crippen molar-refractivity contribution in [3.8, 4) is 0 Å². The van der Waals surface area contributed by atoms with Crippen molar-refractivity contribution >= 4 is 27.4 Å². The Morgan fingerprint density at radius 1 is 1.21 bits per heavy atom. The van der Waals surface area contributed by atoms with E-state index in [1.54, 1.807) is 0 Å². The number of hydrogen-bond acceptors (Lipinski definition) is 5. The van der Waals surface area contributed by atoms with Crippen LogP contribution in [-0.2, 0) is 32.0 Å². The second kappa shape index (κ2) is 8.13. The van der Waals surface area contributed by atoms with Crippen LogP contribution in [-0.4, -0.2) is 55.0 Å². The monoisotopic (exact) mass is 431 g/mol. The lowest BCUT2D eigenvalue weighted by atomic mass is 10.1. The van der Waals surface area contributed by atoms with Gasteiger partial charge in [-0.15, -0.1) is 0 Å². The highest BCUT2D eigenvalue weighted by Crippen LogP contribution is 2.29. The Bertz CT molecular complexity index is 927. The van der Waals surface area contributed by atoms with Gasteiger partial charge in [0.25, 0.3) is 5.91 Å². The third-order valence-electron chi connectivity index (χ3n) is 4.86. The summed E-state index contributed by atoms with van der Waals surface area (Å²) in [6.45, 7) is 0.189. The van der Waals surface area contributed by atoms with Gasteiger partial charge in [0, 0.05) is 19.4 Å². The molecule has 29 heavy (non-hydrogen) atoms. The number of rotatable bonds is 5. The minimum Gasteiger partial charge on any atom is -0.351 e. The number of sulfone groups is 1. The molecule has 1 N–H and O–H groups in total. The van der Waals surface area contributed by atoms with Crippen LogP contribution in [0.25, 0.3) is 0 Å². The van der Waals surface area contributed by atoms with Crippen molar-refractivity contribution in [3.63, 3.8) is 0 Å². The molecule has 0 aliphatic carbocycles. The van der Waals surface area contributed by atoms with E-state index < -0.39 is 33.5 Å². The Morgan fingerprint density at radius 3 is 2.48 bits per heavy atom. The molecule has 11 heteroatoms. The smallest absolute Gasteiger partial charge is 0.351 e. The summed E-state index contributed by atoms with van der Waals surface area (Å²) in [6.07, 6.45) is -3.54. The van der Waals surface area contributed by atoms with Gasteiger partial charge in [-0.2, -0.15) is 18.3 Å². The van der Waals surface area contributed by atoms with Crippen LogP contribution in [0.1, 0.15) is 30.4 Å². The SMILES string of the molecule is O=C(NCCc1ccc(C(F)(F)F)cc1)C1=NN([C@@H]2CCS(=O)(=O)C2)C(=O)CC1. The maximum absolute atomic E-state index is 12.6. The summed E-state index contributed by atoms with van der Waals surface area (Å²) in [7, 11) is -3.20. The molecule has 1 atom stereocenters. The van der Waals surface area contributed by atoms with Crippen molar-refractivity contribution in [2.75, 3.05) is 18.1 Å². The molecule has 1 saturated heterocycles. The van der Waals surface area contributed by atoms with Crippen molar-refractivity contribution in [1.29, 1.82) is 0 Å². The van der Waals surface area contributed by atoms with Gasteiger partial charge in [0.1, 0.15) is 5.71 Å². The average Bonchev–Trinajstić information content (AvgIpc) is 3.01. The van der Waals surface area contributed by atoms with Crippen molar-refractivity contribution in [1.82, 2.24) is 10.3 Å². The van der Waals surface area contributed by atoms with E-state index in [9.17, 15) is 31.2 Å². The van der Waals surface area contributed by atoms with Crippen LogP contribution in [0.15, 0.2) is 29.4 Å². The summed E-state index contributed by atoms with van der Waals surface area (Å²) in [5.74, 6) is -0.958. The van der Waals surface area contributed by atoms with Gasteiger partial charge in [-0.25, -0.2) is 13.4 Å². The van der Waals surface area contributed by atoms with Gasteiger partial charge in [-0.05, 0) is 30.5 Å². The van der Waals surface area contributed by atoms with Crippen LogP contribution < -0.4 is 5.32 Å². The van der Waals surface area contributed by atoms with Crippen LogP contribution in [0, 0.1) is 0 Å². The predicted octanol–water partition coefficient (Wildman–Crippen LogP) is 1.53. The number of amides is 2. The predicted molar refractivity (Wildman–Crippen MR) is 98.7 cm³/mol. The normalized spacial score (nSPS) is 21.8. The third kappa shape index (κ3) is 5.34. The summed E-state index contributed by atoms with van der Waals surface area (Å²) in [5, 5.41) is 7.82. The first-order chi connectivity index (χ1) is 13.5. The Morgan fingerprint density at radius 2 is 1.90 bits per heavy atom. The lowest BCUT2D eigenvalue weighted by Gasteiger charge is -2.27. The molecule has 2 aliphatic rings. The van der Waals surface area contributed by atoms with Crippen LogP contribution in [0.5, 0.6) is 0 Å². The van der Waals surface area contributed by atoms with E-state index in [4.69, 9.17) is 0 Å². The molecule has 0 bridgehead atoms. The van der Waals surface area contributed by atoms with Crippen molar-refractivity contribution in [2.24, 2.45) is 5.10 Å². The first-order valence-corrected chi connectivity index (χ1v) is 10.9. The second-order valence-electron chi connectivity index (χ2n) is 7.04. The number of hydrazone groups is 1. The van der Waals surface area contributed by atoms with Crippen LogP contribution in [0.4, 0.5) is 13.2 Å². The molecule has 0 radical (unpaired) electrons. The number of halogens is 3. The first kappa shape index (κ1) is 21.3. The number of nitrogens with one attached hydrogen (secondary N) is 1. The minimum atomic E-state index is -4.40. The summed E-state index contributed by atoms with van der Waals surface area (Å²) in [6, 6.07) is 4.13. The van der Waals surface area contributed by atoms with Crippen LogP contribution >= 0.6 is 0 Å². The molecule has 2 amide bonds. The lowest BCUT2D eigenvalue weighted by Crippen LogP contribution is -2.44. The fraction of sp³-hybridized carbons (Fsp3) is 0.500. The Hall–Kier alpha value is -2.43. The van der Waals surface area contributed by atoms with Gasteiger partial charge in [0.2, 0.25) is 5.91 Å². The fourth-order valence-corrected chi connectivity index (χ4v) is 4.96. The van der Waals surface area contributed by atoms with E-state index in [1.807, 2.05) is 0 Å². The number of benzene rings is 1. The Labute approximate surface area is 165 Å². The van der Waals surface area contributed by atoms with Gasteiger partial charge < -0.3 is 5.32 Å². The van der Waals surface area contributed by atoms with E-state index in [-0.39, 0.29) is 42.5 Å². The Kier molecular flexibility index (Phi) is 5.97. The zero-order valence-electron chi connectivity index (χ0n) is 15.4. The van der Waals surface area contributed by atoms with Crippen LogP contribution in [0.3, 0.4) is 0 Å². The highest BCUT2D eigenvalue weighted by atomic mass is 32.2. The number of nitrogens with zero attached hydrogens (tertiary/aromatic N) is 2. The largest absolute Gasteiger partial charge is 0.416 e. The first-order valence-electron chi connectivity index (χ1n) is 9.09. The van der Waals surface area contributed by atoms with Crippen molar-refractivity contribution in [2.45, 2.75) is 37.9 Å². The molecule has 1 aromatic rings. The molecule has 0 aromatic heterocycles. The molecular weight excluding hydrogens is 411 g/mol. The number of alkyl halides is 3. The highest BCUT2D eigenvalue weighted by Gasteiger charge is 2.37. The van der Waals surface area contributed by atoms with E-state index in [1.165, 1.54) is 12.1 Å². The number of carbonyl (C=O) groups is 2. The van der Waals surface area contributed by atoms with E-state index in [0.717, 1.165) is 17.1 Å². The van der Waals surface area contributed by atoms with Gasteiger partial charge >= 0.3 is 6.18 Å². The molecular formula is C18H20F3N3O4S. The van der Waals surface area contributed by atoms with Gasteiger partial charge in [0.05, 0.1) is 23.1 Å². The summed E-state index contributed by atoms with van der Waals surface area (Å²) in [4.78, 5) is 24.4. The number of carbonyl (C=O) groups excluding carboxylic acids is 2. The molecule has 7 nitrogen and oxygen atoms in total. The Balaban J connectivity index is 1.56. The second-order valence-corrected chi connectivity index (χ2v) is 9.27. The zero-order valence-corrected chi connectivity index (χ0v) is 16.2. The van der Waals surface area contributed by atoms with E-state index >= 15 is 0 Å². The quantitative estimate of drug-likeness (QED) is 0.765. The zero-order chi connectivity index (χ0) is 21.2.